The van der Waals surface area contributed by atoms with Crippen LogP contribution in [0.5, 0.6) is 0 Å². The molecule has 1 nitrogen and oxygen atoms in total. The monoisotopic (exact) mass is 241 g/mol. The molecule has 2 rings (SSSR count). The summed E-state index contributed by atoms with van der Waals surface area (Å²) in [6, 6.07) is 3.50. The van der Waals surface area contributed by atoms with Gasteiger partial charge in [0.2, 0.25) is 0 Å². The third-order valence-electron chi connectivity index (χ3n) is 3.60. The lowest BCUT2D eigenvalue weighted by Crippen LogP contribution is -2.11. The summed E-state index contributed by atoms with van der Waals surface area (Å²) in [6.45, 7) is 2.27. The van der Waals surface area contributed by atoms with Crippen molar-refractivity contribution in [3.63, 3.8) is 0 Å². The highest BCUT2D eigenvalue weighted by molar-refractivity contribution is 6.31. The van der Waals surface area contributed by atoms with E-state index in [4.69, 9.17) is 17.3 Å². The van der Waals surface area contributed by atoms with Crippen LogP contribution < -0.4 is 5.73 Å². The van der Waals surface area contributed by atoms with Crippen molar-refractivity contribution in [2.75, 3.05) is 5.73 Å². The third kappa shape index (κ3) is 2.17. The fourth-order valence-corrected chi connectivity index (χ4v) is 2.79. The van der Waals surface area contributed by atoms with Gasteiger partial charge in [0, 0.05) is 0 Å². The Labute approximate surface area is 101 Å². The van der Waals surface area contributed by atoms with E-state index in [0.29, 0.717) is 5.92 Å². The zero-order valence-corrected chi connectivity index (χ0v) is 10.2. The fourth-order valence-electron chi connectivity index (χ4n) is 2.47. The molecule has 1 aromatic rings. The molecule has 0 radical (unpaired) electrons. The molecule has 0 atom stereocenters. The first kappa shape index (κ1) is 11.7. The van der Waals surface area contributed by atoms with Crippen LogP contribution in [-0.4, -0.2) is 0 Å². The van der Waals surface area contributed by atoms with E-state index in [-0.39, 0.29) is 10.7 Å². The summed E-state index contributed by atoms with van der Waals surface area (Å²) in [5.74, 6) is 0.727. The fraction of sp³-hybridized carbons (Fsp3) is 0.538. The molecular formula is C13H17ClFN. The van der Waals surface area contributed by atoms with Gasteiger partial charge >= 0.3 is 0 Å². The smallest absolute Gasteiger partial charge is 0.164 e. The van der Waals surface area contributed by atoms with Gasteiger partial charge in [-0.1, -0.05) is 37.4 Å². The molecule has 0 aromatic heterocycles. The summed E-state index contributed by atoms with van der Waals surface area (Å²) in [4.78, 5) is 0. The Hall–Kier alpha value is -0.760. The molecule has 1 fully saturated rings. The van der Waals surface area contributed by atoms with E-state index in [0.717, 1.165) is 24.3 Å². The van der Waals surface area contributed by atoms with Gasteiger partial charge in [-0.05, 0) is 36.3 Å². The van der Waals surface area contributed by atoms with Gasteiger partial charge in [0.15, 0.2) is 5.82 Å². The van der Waals surface area contributed by atoms with E-state index in [2.05, 4.69) is 6.92 Å². The van der Waals surface area contributed by atoms with Gasteiger partial charge in [0.1, 0.15) is 0 Å². The number of hydrogen-bond acceptors (Lipinski definition) is 1. The van der Waals surface area contributed by atoms with Crippen LogP contribution >= 0.6 is 11.6 Å². The maximum absolute atomic E-state index is 13.6. The van der Waals surface area contributed by atoms with E-state index in [1.807, 2.05) is 6.07 Å². The van der Waals surface area contributed by atoms with Crippen molar-refractivity contribution in [3.8, 4) is 0 Å². The van der Waals surface area contributed by atoms with Crippen molar-refractivity contribution in [1.29, 1.82) is 0 Å². The molecule has 0 aliphatic heterocycles. The Balaban J connectivity index is 2.24. The second-order valence-electron chi connectivity index (χ2n) is 4.83. The number of nitrogen functional groups attached to an aromatic ring is 1. The zero-order valence-electron chi connectivity index (χ0n) is 9.47. The first-order valence-corrected chi connectivity index (χ1v) is 6.20. The molecule has 2 N–H and O–H groups in total. The number of rotatable bonds is 1. The first-order valence-electron chi connectivity index (χ1n) is 5.83. The second kappa shape index (κ2) is 4.62. The number of anilines is 1. The average molecular weight is 242 g/mol. The van der Waals surface area contributed by atoms with Crippen molar-refractivity contribution in [2.45, 2.75) is 38.5 Å². The first-order chi connectivity index (χ1) is 7.59. The van der Waals surface area contributed by atoms with Crippen LogP contribution in [0.4, 0.5) is 10.1 Å². The molecule has 0 unspecified atom stereocenters. The van der Waals surface area contributed by atoms with Gasteiger partial charge in [-0.25, -0.2) is 4.39 Å². The van der Waals surface area contributed by atoms with Crippen molar-refractivity contribution < 1.29 is 4.39 Å². The highest BCUT2D eigenvalue weighted by Gasteiger charge is 2.23. The topological polar surface area (TPSA) is 26.0 Å². The molecule has 3 heteroatoms. The summed E-state index contributed by atoms with van der Waals surface area (Å²) in [6.07, 6.45) is 4.61. The van der Waals surface area contributed by atoms with Gasteiger partial charge < -0.3 is 5.73 Å². The molecule has 1 aliphatic carbocycles. The molecule has 88 valence electrons. The summed E-state index contributed by atoms with van der Waals surface area (Å²) >= 11 is 6.01. The number of hydrogen-bond donors (Lipinski definition) is 1. The molecule has 0 heterocycles. The highest BCUT2D eigenvalue weighted by atomic mass is 35.5. The van der Waals surface area contributed by atoms with E-state index in [1.54, 1.807) is 6.07 Å². The minimum absolute atomic E-state index is 0.137. The molecule has 1 aromatic carbocycles. The Morgan fingerprint density at radius 1 is 1.25 bits per heavy atom. The van der Waals surface area contributed by atoms with Gasteiger partial charge in [-0.3, -0.25) is 0 Å². The van der Waals surface area contributed by atoms with E-state index in [9.17, 15) is 4.39 Å². The van der Waals surface area contributed by atoms with Crippen LogP contribution in [0, 0.1) is 11.7 Å². The third-order valence-corrected chi connectivity index (χ3v) is 3.98. The number of halogens is 2. The van der Waals surface area contributed by atoms with Crippen LogP contribution in [0.1, 0.15) is 44.1 Å². The summed E-state index contributed by atoms with van der Waals surface area (Å²) < 4.78 is 13.6. The Morgan fingerprint density at radius 3 is 2.50 bits per heavy atom. The standard InChI is InChI=1S/C13H17ClFN/c1-8-2-4-9(5-3-8)10-6-7-11(16)13(15)12(10)14/h6-9H,2-5,16H2,1H3. The molecule has 16 heavy (non-hydrogen) atoms. The van der Waals surface area contributed by atoms with E-state index in [1.165, 1.54) is 12.8 Å². The lowest BCUT2D eigenvalue weighted by molar-refractivity contribution is 0.347. The molecule has 0 amide bonds. The van der Waals surface area contributed by atoms with Crippen LogP contribution in [0.25, 0.3) is 0 Å². The lowest BCUT2D eigenvalue weighted by atomic mass is 9.79. The summed E-state index contributed by atoms with van der Waals surface area (Å²) in [5, 5.41) is 0.222. The predicted octanol–water partition coefficient (Wildman–Crippen LogP) is 4.36. The van der Waals surface area contributed by atoms with Crippen LogP contribution in [0.2, 0.25) is 5.02 Å². The quantitative estimate of drug-likeness (QED) is 0.727. The molecule has 0 saturated heterocycles. The predicted molar refractivity (Wildman–Crippen MR) is 66.2 cm³/mol. The van der Waals surface area contributed by atoms with Crippen molar-refractivity contribution in [2.24, 2.45) is 5.92 Å². The summed E-state index contributed by atoms with van der Waals surface area (Å²) in [7, 11) is 0. The van der Waals surface area contributed by atoms with Gasteiger partial charge in [-0.15, -0.1) is 0 Å². The normalized spacial score (nSPS) is 25.7. The van der Waals surface area contributed by atoms with Gasteiger partial charge in [0.05, 0.1) is 10.7 Å². The Kier molecular flexibility index (Phi) is 3.38. The Morgan fingerprint density at radius 2 is 1.88 bits per heavy atom. The SMILES string of the molecule is CC1CCC(c2ccc(N)c(F)c2Cl)CC1. The maximum atomic E-state index is 13.6. The van der Waals surface area contributed by atoms with Crippen molar-refractivity contribution in [1.82, 2.24) is 0 Å². The van der Waals surface area contributed by atoms with Crippen LogP contribution in [0.3, 0.4) is 0 Å². The van der Waals surface area contributed by atoms with Gasteiger partial charge in [0.25, 0.3) is 0 Å². The summed E-state index contributed by atoms with van der Waals surface area (Å²) in [5.41, 5.74) is 6.55. The Bertz CT molecular complexity index is 384. The van der Waals surface area contributed by atoms with Crippen molar-refractivity contribution >= 4 is 17.3 Å². The lowest BCUT2D eigenvalue weighted by Gasteiger charge is -2.27. The highest BCUT2D eigenvalue weighted by Crippen LogP contribution is 2.39. The van der Waals surface area contributed by atoms with Crippen LogP contribution in [-0.2, 0) is 0 Å². The largest absolute Gasteiger partial charge is 0.396 e. The van der Waals surface area contributed by atoms with Crippen molar-refractivity contribution in [3.05, 3.63) is 28.5 Å². The molecule has 1 saturated carbocycles. The molecule has 0 bridgehead atoms. The molecule has 1 aliphatic rings. The average Bonchev–Trinajstić information content (AvgIpc) is 2.28. The van der Waals surface area contributed by atoms with Gasteiger partial charge in [-0.2, -0.15) is 0 Å². The van der Waals surface area contributed by atoms with E-state index >= 15 is 0 Å². The number of nitrogens with two attached hydrogens (primary N) is 1. The minimum atomic E-state index is -0.460. The van der Waals surface area contributed by atoms with Crippen LogP contribution in [0.15, 0.2) is 12.1 Å². The molecule has 0 spiro atoms. The number of benzene rings is 1. The minimum Gasteiger partial charge on any atom is -0.396 e. The molecular weight excluding hydrogens is 225 g/mol. The second-order valence-corrected chi connectivity index (χ2v) is 5.21. The van der Waals surface area contributed by atoms with E-state index < -0.39 is 5.82 Å². The maximum Gasteiger partial charge on any atom is 0.164 e. The zero-order chi connectivity index (χ0) is 11.7.